The average molecular weight is 190 g/mol. The van der Waals surface area contributed by atoms with Gasteiger partial charge in [0.05, 0.1) is 5.56 Å². The Morgan fingerprint density at radius 2 is 1.50 bits per heavy atom. The van der Waals surface area contributed by atoms with Crippen LogP contribution in [0.1, 0.15) is 32.6 Å². The molecule has 0 amide bonds. The average Bonchev–Trinajstić information content (AvgIpc) is 2.54. The highest BCUT2D eigenvalue weighted by atomic mass is 16.5. The Morgan fingerprint density at radius 1 is 0.929 bits per heavy atom. The summed E-state index contributed by atoms with van der Waals surface area (Å²) in [4.78, 5) is 11.6. The number of ketones is 1. The highest BCUT2D eigenvalue weighted by Gasteiger charge is 2.27. The fourth-order valence-corrected chi connectivity index (χ4v) is 2.00. The van der Waals surface area contributed by atoms with Crippen LogP contribution in [0.4, 0.5) is 0 Å². The summed E-state index contributed by atoms with van der Waals surface area (Å²) >= 11 is 0. The standard InChI is InChI=1S/C12H14O2/c1-6-7(2)9(4)12-11(8(6)3)10(13)5-14-12/h5H2,1-4H3. The lowest BCUT2D eigenvalue weighted by molar-refractivity contribution is 0.0960. The zero-order valence-corrected chi connectivity index (χ0v) is 9.02. The molecule has 1 aliphatic rings. The fraction of sp³-hybridized carbons (Fsp3) is 0.417. The van der Waals surface area contributed by atoms with Crippen molar-refractivity contribution >= 4 is 5.78 Å². The number of Topliss-reactive ketones (excluding diaryl/α,β-unsaturated/α-hetero) is 1. The van der Waals surface area contributed by atoms with Gasteiger partial charge in [-0.25, -0.2) is 0 Å². The second-order valence-electron chi connectivity index (χ2n) is 3.92. The van der Waals surface area contributed by atoms with Crippen molar-refractivity contribution < 1.29 is 9.53 Å². The van der Waals surface area contributed by atoms with E-state index in [2.05, 4.69) is 13.8 Å². The first kappa shape index (κ1) is 9.25. The fourth-order valence-electron chi connectivity index (χ4n) is 2.00. The first-order valence-corrected chi connectivity index (χ1v) is 4.80. The van der Waals surface area contributed by atoms with Crippen molar-refractivity contribution in [3.63, 3.8) is 0 Å². The van der Waals surface area contributed by atoms with Gasteiger partial charge in [0.15, 0.2) is 6.61 Å². The van der Waals surface area contributed by atoms with Gasteiger partial charge in [0.1, 0.15) is 5.75 Å². The highest BCUT2D eigenvalue weighted by Crippen LogP contribution is 2.36. The van der Waals surface area contributed by atoms with E-state index in [1.807, 2.05) is 13.8 Å². The lowest BCUT2D eigenvalue weighted by atomic mass is 9.92. The quantitative estimate of drug-likeness (QED) is 0.628. The molecule has 1 heterocycles. The summed E-state index contributed by atoms with van der Waals surface area (Å²) in [6.07, 6.45) is 0. The first-order valence-electron chi connectivity index (χ1n) is 4.80. The third-order valence-corrected chi connectivity index (χ3v) is 3.26. The molecule has 0 spiro atoms. The maximum atomic E-state index is 11.6. The van der Waals surface area contributed by atoms with E-state index in [-0.39, 0.29) is 12.4 Å². The smallest absolute Gasteiger partial charge is 0.204 e. The molecular formula is C12H14O2. The molecule has 0 saturated heterocycles. The Labute approximate surface area is 83.9 Å². The molecule has 1 aliphatic heterocycles. The third kappa shape index (κ3) is 0.999. The minimum absolute atomic E-state index is 0.115. The maximum Gasteiger partial charge on any atom is 0.204 e. The third-order valence-electron chi connectivity index (χ3n) is 3.26. The largest absolute Gasteiger partial charge is 0.484 e. The summed E-state index contributed by atoms with van der Waals surface area (Å²) in [7, 11) is 0. The number of fused-ring (bicyclic) bond motifs is 1. The molecule has 0 saturated carbocycles. The van der Waals surface area contributed by atoms with Crippen LogP contribution in [0.5, 0.6) is 5.75 Å². The zero-order valence-electron chi connectivity index (χ0n) is 9.02. The molecule has 2 nitrogen and oxygen atoms in total. The molecule has 0 atom stereocenters. The SMILES string of the molecule is Cc1c(C)c(C)c2c(c1C)OCC2=O. The van der Waals surface area contributed by atoms with Crippen molar-refractivity contribution in [1.29, 1.82) is 0 Å². The van der Waals surface area contributed by atoms with E-state index in [1.54, 1.807) is 0 Å². The van der Waals surface area contributed by atoms with Crippen molar-refractivity contribution in [3.8, 4) is 5.75 Å². The summed E-state index contributed by atoms with van der Waals surface area (Å²) in [5.74, 6) is 0.916. The number of hydrogen-bond acceptors (Lipinski definition) is 2. The van der Waals surface area contributed by atoms with Gasteiger partial charge < -0.3 is 4.74 Å². The van der Waals surface area contributed by atoms with Gasteiger partial charge in [0.25, 0.3) is 0 Å². The van der Waals surface area contributed by atoms with Crippen LogP contribution >= 0.6 is 0 Å². The number of benzene rings is 1. The monoisotopic (exact) mass is 190 g/mol. The van der Waals surface area contributed by atoms with Crippen molar-refractivity contribution in [2.75, 3.05) is 6.61 Å². The van der Waals surface area contributed by atoms with Crippen molar-refractivity contribution in [2.45, 2.75) is 27.7 Å². The second-order valence-corrected chi connectivity index (χ2v) is 3.92. The van der Waals surface area contributed by atoms with E-state index in [1.165, 1.54) is 11.1 Å². The van der Waals surface area contributed by atoms with Crippen LogP contribution in [-0.2, 0) is 0 Å². The van der Waals surface area contributed by atoms with Crippen LogP contribution in [0.2, 0.25) is 0 Å². The molecule has 0 unspecified atom stereocenters. The van der Waals surface area contributed by atoms with Crippen LogP contribution < -0.4 is 4.74 Å². The summed E-state index contributed by atoms with van der Waals surface area (Å²) in [5, 5.41) is 0. The Bertz CT molecular complexity index is 431. The van der Waals surface area contributed by atoms with E-state index in [4.69, 9.17) is 4.74 Å². The molecule has 2 rings (SSSR count). The Hall–Kier alpha value is -1.31. The molecule has 0 N–H and O–H groups in total. The molecule has 0 aliphatic carbocycles. The number of carbonyl (C=O) groups excluding carboxylic acids is 1. The van der Waals surface area contributed by atoms with Crippen molar-refractivity contribution in [2.24, 2.45) is 0 Å². The summed E-state index contributed by atoms with van der Waals surface area (Å²) in [5.41, 5.74) is 5.42. The molecule has 0 aromatic heterocycles. The summed E-state index contributed by atoms with van der Waals surface area (Å²) in [6, 6.07) is 0. The van der Waals surface area contributed by atoms with Crippen molar-refractivity contribution in [1.82, 2.24) is 0 Å². The minimum atomic E-state index is 0.115. The van der Waals surface area contributed by atoms with Gasteiger partial charge in [0.2, 0.25) is 5.78 Å². The molecule has 1 aromatic rings. The predicted molar refractivity (Wildman–Crippen MR) is 55.2 cm³/mol. The Morgan fingerprint density at radius 3 is 2.14 bits per heavy atom. The van der Waals surface area contributed by atoms with Gasteiger partial charge in [-0.2, -0.15) is 0 Å². The highest BCUT2D eigenvalue weighted by molar-refractivity contribution is 6.04. The normalized spacial score (nSPS) is 14.1. The number of carbonyl (C=O) groups is 1. The Kier molecular flexibility index (Phi) is 1.88. The van der Waals surface area contributed by atoms with Crippen LogP contribution in [0.15, 0.2) is 0 Å². The van der Waals surface area contributed by atoms with E-state index < -0.39 is 0 Å². The van der Waals surface area contributed by atoms with Gasteiger partial charge in [-0.15, -0.1) is 0 Å². The van der Waals surface area contributed by atoms with Gasteiger partial charge in [0, 0.05) is 0 Å². The number of hydrogen-bond donors (Lipinski definition) is 0. The van der Waals surface area contributed by atoms with Gasteiger partial charge in [-0.05, 0) is 49.9 Å². The topological polar surface area (TPSA) is 26.3 Å². The van der Waals surface area contributed by atoms with Gasteiger partial charge in [-0.3, -0.25) is 4.79 Å². The predicted octanol–water partition coefficient (Wildman–Crippen LogP) is 2.50. The number of rotatable bonds is 0. The van der Waals surface area contributed by atoms with Crippen LogP contribution in [0, 0.1) is 27.7 Å². The lowest BCUT2D eigenvalue weighted by Crippen LogP contribution is -2.02. The first-order chi connectivity index (χ1) is 6.54. The van der Waals surface area contributed by atoms with Crippen molar-refractivity contribution in [3.05, 3.63) is 27.8 Å². The van der Waals surface area contributed by atoms with Gasteiger partial charge in [-0.1, -0.05) is 0 Å². The molecule has 1 aromatic carbocycles. The van der Waals surface area contributed by atoms with E-state index in [0.717, 1.165) is 22.4 Å². The van der Waals surface area contributed by atoms with Crippen LogP contribution in [0.3, 0.4) is 0 Å². The van der Waals surface area contributed by atoms with Crippen LogP contribution in [-0.4, -0.2) is 12.4 Å². The zero-order chi connectivity index (χ0) is 10.5. The molecule has 74 valence electrons. The molecule has 14 heavy (non-hydrogen) atoms. The maximum absolute atomic E-state index is 11.6. The second kappa shape index (κ2) is 2.84. The van der Waals surface area contributed by atoms with Crippen LogP contribution in [0.25, 0.3) is 0 Å². The van der Waals surface area contributed by atoms with E-state index >= 15 is 0 Å². The van der Waals surface area contributed by atoms with E-state index in [0.29, 0.717) is 0 Å². The molecular weight excluding hydrogens is 176 g/mol. The lowest BCUT2D eigenvalue weighted by Gasteiger charge is -2.12. The number of ether oxygens (including phenoxy) is 1. The summed E-state index contributed by atoms with van der Waals surface area (Å²) < 4.78 is 5.41. The molecule has 0 radical (unpaired) electrons. The minimum Gasteiger partial charge on any atom is -0.484 e. The molecule has 0 fully saturated rings. The molecule has 0 bridgehead atoms. The summed E-state index contributed by atoms with van der Waals surface area (Å²) in [6.45, 7) is 8.35. The molecule has 2 heteroatoms. The van der Waals surface area contributed by atoms with Gasteiger partial charge >= 0.3 is 0 Å². The van der Waals surface area contributed by atoms with E-state index in [9.17, 15) is 4.79 Å². The Balaban J connectivity index is 2.84.